The van der Waals surface area contributed by atoms with Crippen molar-refractivity contribution in [3.63, 3.8) is 0 Å². The van der Waals surface area contributed by atoms with Gasteiger partial charge in [-0.05, 0) is 32.0 Å². The molecule has 7 heteroatoms. The fourth-order valence-electron chi connectivity index (χ4n) is 1.63. The minimum absolute atomic E-state index is 0.0148. The highest BCUT2D eigenvalue weighted by molar-refractivity contribution is 6.35. The second-order valence-electron chi connectivity index (χ2n) is 4.22. The molecule has 1 N–H and O–H groups in total. The van der Waals surface area contributed by atoms with Crippen molar-refractivity contribution in [3.05, 3.63) is 28.2 Å². The summed E-state index contributed by atoms with van der Waals surface area (Å²) in [5, 5.41) is 3.47. The lowest BCUT2D eigenvalue weighted by atomic mass is 10.3. The molecule has 116 valence electrons. The molecule has 21 heavy (non-hydrogen) atoms. The molecule has 0 saturated carbocycles. The highest BCUT2D eigenvalue weighted by atomic mass is 35.5. The quantitative estimate of drug-likeness (QED) is 0.833. The monoisotopic (exact) mass is 332 g/mol. The molecule has 2 amide bonds. The summed E-state index contributed by atoms with van der Waals surface area (Å²) in [6, 6.07) is 4.76. The minimum Gasteiger partial charge on any atom is -0.482 e. The number of benzene rings is 1. The maximum Gasteiger partial charge on any atom is 0.260 e. The van der Waals surface area contributed by atoms with Crippen LogP contribution in [0.1, 0.15) is 13.8 Å². The third-order valence-electron chi connectivity index (χ3n) is 2.69. The summed E-state index contributed by atoms with van der Waals surface area (Å²) in [5.74, 6) is -0.101. The lowest BCUT2D eigenvalue weighted by Crippen LogP contribution is -2.42. The molecule has 0 heterocycles. The maximum absolute atomic E-state index is 12.0. The molecular weight excluding hydrogens is 315 g/mol. The second-order valence-corrected chi connectivity index (χ2v) is 5.07. The average Bonchev–Trinajstić information content (AvgIpc) is 2.43. The lowest BCUT2D eigenvalue weighted by Gasteiger charge is -2.20. The van der Waals surface area contributed by atoms with E-state index in [9.17, 15) is 9.59 Å². The van der Waals surface area contributed by atoms with Gasteiger partial charge in [0.05, 0.1) is 11.6 Å². The summed E-state index contributed by atoms with van der Waals surface area (Å²) < 4.78 is 5.36. The van der Waals surface area contributed by atoms with E-state index in [2.05, 4.69) is 5.32 Å². The predicted octanol–water partition coefficient (Wildman–Crippen LogP) is 2.36. The van der Waals surface area contributed by atoms with Crippen LogP contribution in [-0.4, -0.2) is 43.0 Å². The van der Waals surface area contributed by atoms with Gasteiger partial charge in [-0.3, -0.25) is 9.59 Å². The molecule has 0 aromatic heterocycles. The molecule has 0 fully saturated rings. The number of carbonyl (C=O) groups excluding carboxylic acids is 2. The van der Waals surface area contributed by atoms with Crippen molar-refractivity contribution in [2.24, 2.45) is 0 Å². The molecule has 5 nitrogen and oxygen atoms in total. The summed E-state index contributed by atoms with van der Waals surface area (Å²) in [5.41, 5.74) is 0. The van der Waals surface area contributed by atoms with Gasteiger partial charge in [0.25, 0.3) is 5.91 Å². The van der Waals surface area contributed by atoms with E-state index < -0.39 is 0 Å². The fourth-order valence-corrected chi connectivity index (χ4v) is 2.09. The Hall–Kier alpha value is -1.46. The average molecular weight is 333 g/mol. The van der Waals surface area contributed by atoms with Crippen molar-refractivity contribution in [3.8, 4) is 5.75 Å². The van der Waals surface area contributed by atoms with Gasteiger partial charge in [0.2, 0.25) is 5.91 Å². The van der Waals surface area contributed by atoms with Crippen LogP contribution < -0.4 is 10.1 Å². The van der Waals surface area contributed by atoms with Gasteiger partial charge >= 0.3 is 0 Å². The number of likely N-dealkylation sites (N-methyl/N-ethyl adjacent to an activating group) is 2. The highest BCUT2D eigenvalue weighted by Crippen LogP contribution is 2.27. The first kappa shape index (κ1) is 17.6. The van der Waals surface area contributed by atoms with Gasteiger partial charge < -0.3 is 15.0 Å². The number of hydrogen-bond acceptors (Lipinski definition) is 3. The summed E-state index contributed by atoms with van der Waals surface area (Å²) in [4.78, 5) is 24.9. The Morgan fingerprint density at radius 3 is 2.57 bits per heavy atom. The molecule has 0 unspecified atom stereocenters. The van der Waals surface area contributed by atoms with Crippen LogP contribution in [0.25, 0.3) is 0 Å². The Kier molecular flexibility index (Phi) is 7.32. The van der Waals surface area contributed by atoms with Crippen LogP contribution in [-0.2, 0) is 9.59 Å². The number of halogens is 2. The first-order chi connectivity index (χ1) is 9.97. The second kappa shape index (κ2) is 8.74. The van der Waals surface area contributed by atoms with E-state index in [1.807, 2.05) is 6.92 Å². The van der Waals surface area contributed by atoms with Crippen LogP contribution in [0.5, 0.6) is 5.75 Å². The smallest absolute Gasteiger partial charge is 0.260 e. The molecule has 0 aliphatic heterocycles. The van der Waals surface area contributed by atoms with Gasteiger partial charge in [-0.25, -0.2) is 0 Å². The third-order valence-corrected chi connectivity index (χ3v) is 3.22. The third kappa shape index (κ3) is 5.81. The largest absolute Gasteiger partial charge is 0.482 e. The Morgan fingerprint density at radius 2 is 2.00 bits per heavy atom. The molecular formula is C14H18Cl2N2O3. The van der Waals surface area contributed by atoms with E-state index in [1.54, 1.807) is 19.1 Å². The van der Waals surface area contributed by atoms with Gasteiger partial charge in [-0.15, -0.1) is 0 Å². The van der Waals surface area contributed by atoms with E-state index in [4.69, 9.17) is 27.9 Å². The van der Waals surface area contributed by atoms with Crippen LogP contribution in [0.15, 0.2) is 18.2 Å². The molecule has 1 aromatic carbocycles. The Labute approximate surface area is 134 Å². The normalized spacial score (nSPS) is 10.1. The molecule has 0 spiro atoms. The Morgan fingerprint density at radius 1 is 1.29 bits per heavy atom. The van der Waals surface area contributed by atoms with E-state index in [0.717, 1.165) is 0 Å². The number of ether oxygens (including phenoxy) is 1. The van der Waals surface area contributed by atoms with Crippen molar-refractivity contribution in [1.82, 2.24) is 10.2 Å². The molecule has 0 radical (unpaired) electrons. The zero-order valence-electron chi connectivity index (χ0n) is 12.0. The van der Waals surface area contributed by atoms with Crippen LogP contribution in [0.3, 0.4) is 0 Å². The highest BCUT2D eigenvalue weighted by Gasteiger charge is 2.16. The number of nitrogens with zero attached hydrogens (tertiary/aromatic N) is 1. The lowest BCUT2D eigenvalue weighted by molar-refractivity contribution is -0.137. The molecule has 0 saturated heterocycles. The van der Waals surface area contributed by atoms with E-state index >= 15 is 0 Å². The van der Waals surface area contributed by atoms with E-state index in [-0.39, 0.29) is 25.0 Å². The topological polar surface area (TPSA) is 58.6 Å². The van der Waals surface area contributed by atoms with Gasteiger partial charge in [0, 0.05) is 18.1 Å². The van der Waals surface area contributed by atoms with Gasteiger partial charge in [-0.1, -0.05) is 23.2 Å². The molecule has 0 aliphatic carbocycles. The van der Waals surface area contributed by atoms with Crippen molar-refractivity contribution < 1.29 is 14.3 Å². The van der Waals surface area contributed by atoms with Crippen molar-refractivity contribution >= 4 is 35.0 Å². The SMILES string of the molecule is CCNC(=O)CN(CC)C(=O)COc1ccc(Cl)cc1Cl. The number of nitrogens with one attached hydrogen (secondary N) is 1. The predicted molar refractivity (Wildman–Crippen MR) is 82.9 cm³/mol. The van der Waals surface area contributed by atoms with Gasteiger partial charge in [0.1, 0.15) is 5.75 Å². The molecule has 0 aliphatic rings. The molecule has 0 atom stereocenters. The van der Waals surface area contributed by atoms with Gasteiger partial charge in [-0.2, -0.15) is 0 Å². The van der Waals surface area contributed by atoms with Crippen LogP contribution in [0.4, 0.5) is 0 Å². The molecule has 1 aromatic rings. The summed E-state index contributed by atoms with van der Waals surface area (Å²) in [7, 11) is 0. The number of carbonyl (C=O) groups is 2. The summed E-state index contributed by atoms with van der Waals surface area (Å²) >= 11 is 11.7. The standard InChI is InChI=1S/C14H18Cl2N2O3/c1-3-17-13(19)8-18(4-2)14(20)9-21-12-6-5-10(15)7-11(12)16/h5-7H,3-4,8-9H2,1-2H3,(H,17,19). The fraction of sp³-hybridized carbons (Fsp3) is 0.429. The van der Waals surface area contributed by atoms with Crippen molar-refractivity contribution in [2.45, 2.75) is 13.8 Å². The molecule has 0 bridgehead atoms. The number of amides is 2. The summed E-state index contributed by atoms with van der Waals surface area (Å²) in [6.45, 7) is 4.40. The minimum atomic E-state index is -0.283. The first-order valence-corrected chi connectivity index (χ1v) is 7.35. The number of rotatable bonds is 7. The first-order valence-electron chi connectivity index (χ1n) is 6.60. The van der Waals surface area contributed by atoms with Crippen LogP contribution >= 0.6 is 23.2 Å². The number of hydrogen-bond donors (Lipinski definition) is 1. The Bertz CT molecular complexity index is 509. The van der Waals surface area contributed by atoms with Gasteiger partial charge in [0.15, 0.2) is 6.61 Å². The van der Waals surface area contributed by atoms with Crippen LogP contribution in [0, 0.1) is 0 Å². The van der Waals surface area contributed by atoms with Crippen LogP contribution in [0.2, 0.25) is 10.0 Å². The summed E-state index contributed by atoms with van der Waals surface area (Å²) in [6.07, 6.45) is 0. The molecule has 1 rings (SSSR count). The van der Waals surface area contributed by atoms with E-state index in [1.165, 1.54) is 11.0 Å². The van der Waals surface area contributed by atoms with Crippen molar-refractivity contribution in [1.29, 1.82) is 0 Å². The van der Waals surface area contributed by atoms with E-state index in [0.29, 0.717) is 28.9 Å². The zero-order chi connectivity index (χ0) is 15.8. The maximum atomic E-state index is 12.0. The zero-order valence-corrected chi connectivity index (χ0v) is 13.5. The van der Waals surface area contributed by atoms with Crippen molar-refractivity contribution in [2.75, 3.05) is 26.2 Å². The Balaban J connectivity index is 2.56.